The van der Waals surface area contributed by atoms with Crippen molar-refractivity contribution in [3.05, 3.63) is 34.4 Å². The molecule has 114 valence electrons. The van der Waals surface area contributed by atoms with Crippen LogP contribution < -0.4 is 10.1 Å². The van der Waals surface area contributed by atoms with Gasteiger partial charge in [-0.05, 0) is 31.9 Å². The van der Waals surface area contributed by atoms with Gasteiger partial charge >= 0.3 is 5.97 Å². The number of carbonyl (C=O) groups excluding carboxylic acids is 1. The zero-order chi connectivity index (χ0) is 15.5. The van der Waals surface area contributed by atoms with E-state index in [1.54, 1.807) is 19.2 Å². The van der Waals surface area contributed by atoms with Gasteiger partial charge in [-0.1, -0.05) is 6.07 Å². The van der Waals surface area contributed by atoms with Crippen LogP contribution >= 0.6 is 0 Å². The fourth-order valence-electron chi connectivity index (χ4n) is 2.36. The van der Waals surface area contributed by atoms with Crippen LogP contribution in [0.4, 0.5) is 5.69 Å². The number of carbonyl (C=O) groups is 1. The first-order chi connectivity index (χ1) is 10.0. The number of nitrogens with zero attached hydrogens (tertiary/aromatic N) is 1. The summed E-state index contributed by atoms with van der Waals surface area (Å²) in [6.45, 7) is 0.0714. The average Bonchev–Trinajstić information content (AvgIpc) is 3.33. The molecule has 0 heterocycles. The smallest absolute Gasteiger partial charge is 0.329 e. The molecule has 1 N–H and O–H groups in total. The monoisotopic (exact) mass is 294 g/mol. The Morgan fingerprint density at radius 2 is 2.24 bits per heavy atom. The van der Waals surface area contributed by atoms with Gasteiger partial charge in [-0.3, -0.25) is 10.1 Å². The highest BCUT2D eigenvalue weighted by Gasteiger charge is 2.51. The number of non-ortho nitro benzene ring substituents is 1. The second-order valence-corrected chi connectivity index (χ2v) is 5.03. The van der Waals surface area contributed by atoms with Crippen molar-refractivity contribution < 1.29 is 19.2 Å². The largest absolute Gasteiger partial charge is 0.491 e. The van der Waals surface area contributed by atoms with Crippen LogP contribution in [0.1, 0.15) is 12.8 Å². The van der Waals surface area contributed by atoms with Crippen LogP contribution in [0, 0.1) is 16.0 Å². The fraction of sp³-hybridized carbons (Fsp3) is 0.500. The normalized spacial score (nSPS) is 16.9. The van der Waals surface area contributed by atoms with Gasteiger partial charge in [0.2, 0.25) is 0 Å². The second kappa shape index (κ2) is 6.09. The molecule has 1 unspecified atom stereocenters. The molecule has 1 saturated carbocycles. The Morgan fingerprint density at radius 1 is 1.52 bits per heavy atom. The summed E-state index contributed by atoms with van der Waals surface area (Å²) in [6, 6.07) is 5.89. The summed E-state index contributed by atoms with van der Waals surface area (Å²) in [5.41, 5.74) is -0.952. The van der Waals surface area contributed by atoms with Crippen molar-refractivity contribution in [1.29, 1.82) is 0 Å². The molecular weight excluding hydrogens is 276 g/mol. The molecule has 1 atom stereocenters. The van der Waals surface area contributed by atoms with Gasteiger partial charge in [0, 0.05) is 6.07 Å². The Morgan fingerprint density at radius 3 is 2.76 bits per heavy atom. The molecule has 1 aromatic carbocycles. The van der Waals surface area contributed by atoms with E-state index in [0.29, 0.717) is 5.75 Å². The van der Waals surface area contributed by atoms with Crippen LogP contribution in [-0.2, 0) is 9.53 Å². The zero-order valence-corrected chi connectivity index (χ0v) is 12.0. The molecule has 1 fully saturated rings. The number of nitro groups is 1. The molecule has 0 saturated heterocycles. The quantitative estimate of drug-likeness (QED) is 0.466. The fourth-order valence-corrected chi connectivity index (χ4v) is 2.36. The first kappa shape index (κ1) is 15.2. The second-order valence-electron chi connectivity index (χ2n) is 5.03. The number of benzene rings is 1. The third-order valence-corrected chi connectivity index (χ3v) is 3.76. The Balaban J connectivity index is 2.13. The van der Waals surface area contributed by atoms with Crippen LogP contribution in [0.25, 0.3) is 0 Å². The molecular formula is C14H18N2O5. The lowest BCUT2D eigenvalue weighted by atomic mass is 9.94. The van der Waals surface area contributed by atoms with E-state index in [1.807, 2.05) is 0 Å². The Hall–Kier alpha value is -2.15. The Labute approximate surface area is 122 Å². The number of nitro benzene ring substituents is 1. The summed E-state index contributed by atoms with van der Waals surface area (Å²) in [4.78, 5) is 22.3. The van der Waals surface area contributed by atoms with Crippen LogP contribution in [0.3, 0.4) is 0 Å². The molecule has 0 amide bonds. The molecule has 2 rings (SSSR count). The van der Waals surface area contributed by atoms with Crippen molar-refractivity contribution in [2.75, 3.05) is 20.8 Å². The van der Waals surface area contributed by atoms with Crippen molar-refractivity contribution in [2.45, 2.75) is 18.4 Å². The Bertz CT molecular complexity index is 544. The van der Waals surface area contributed by atoms with E-state index in [2.05, 4.69) is 5.32 Å². The predicted octanol–water partition coefficient (Wildman–Crippen LogP) is 1.51. The van der Waals surface area contributed by atoms with Crippen LogP contribution in [0.5, 0.6) is 5.75 Å². The van der Waals surface area contributed by atoms with Crippen LogP contribution in [0.15, 0.2) is 24.3 Å². The summed E-state index contributed by atoms with van der Waals surface area (Å²) in [6.07, 6.45) is 1.85. The van der Waals surface area contributed by atoms with E-state index in [1.165, 1.54) is 19.2 Å². The van der Waals surface area contributed by atoms with Gasteiger partial charge in [0.15, 0.2) is 5.54 Å². The molecule has 1 aliphatic carbocycles. The lowest BCUT2D eigenvalue weighted by Gasteiger charge is -2.30. The molecule has 0 spiro atoms. The van der Waals surface area contributed by atoms with E-state index in [4.69, 9.17) is 9.47 Å². The zero-order valence-electron chi connectivity index (χ0n) is 12.0. The van der Waals surface area contributed by atoms with Crippen molar-refractivity contribution in [2.24, 2.45) is 5.92 Å². The molecule has 0 bridgehead atoms. The van der Waals surface area contributed by atoms with Gasteiger partial charge in [-0.2, -0.15) is 0 Å². The number of rotatable bonds is 7. The first-order valence-corrected chi connectivity index (χ1v) is 6.68. The standard InChI is InChI=1S/C14H18N2O5/c1-15-14(10-6-7-10,13(17)20-2)9-21-12-5-3-4-11(8-12)16(18)19/h3-5,8,10,15H,6-7,9H2,1-2H3. The lowest BCUT2D eigenvalue weighted by Crippen LogP contribution is -2.57. The van der Waals surface area contributed by atoms with E-state index in [9.17, 15) is 14.9 Å². The van der Waals surface area contributed by atoms with Gasteiger partial charge in [-0.25, -0.2) is 4.79 Å². The van der Waals surface area contributed by atoms with E-state index in [-0.39, 0.29) is 24.2 Å². The maximum atomic E-state index is 12.1. The van der Waals surface area contributed by atoms with E-state index in [0.717, 1.165) is 12.8 Å². The van der Waals surface area contributed by atoms with Gasteiger partial charge in [0.25, 0.3) is 5.69 Å². The first-order valence-electron chi connectivity index (χ1n) is 6.68. The minimum absolute atomic E-state index is 0.0490. The number of ether oxygens (including phenoxy) is 2. The average molecular weight is 294 g/mol. The summed E-state index contributed by atoms with van der Waals surface area (Å²) >= 11 is 0. The topological polar surface area (TPSA) is 90.7 Å². The summed E-state index contributed by atoms with van der Waals surface area (Å²) < 4.78 is 10.5. The molecule has 1 aromatic rings. The molecule has 0 aromatic heterocycles. The summed E-state index contributed by atoms with van der Waals surface area (Å²) in [7, 11) is 3.02. The highest BCUT2D eigenvalue weighted by molar-refractivity contribution is 5.82. The van der Waals surface area contributed by atoms with E-state index < -0.39 is 10.5 Å². The molecule has 7 heteroatoms. The summed E-state index contributed by atoms with van der Waals surface area (Å²) in [5.74, 6) is 0.139. The lowest BCUT2D eigenvalue weighted by molar-refractivity contribution is -0.384. The molecule has 7 nitrogen and oxygen atoms in total. The van der Waals surface area contributed by atoms with Gasteiger partial charge in [0.05, 0.1) is 18.1 Å². The SMILES string of the molecule is CNC(COc1cccc([N+](=O)[O-])c1)(C(=O)OC)C1CC1. The number of esters is 1. The third-order valence-electron chi connectivity index (χ3n) is 3.76. The maximum Gasteiger partial charge on any atom is 0.329 e. The van der Waals surface area contributed by atoms with Crippen molar-refractivity contribution >= 4 is 11.7 Å². The van der Waals surface area contributed by atoms with Gasteiger partial charge < -0.3 is 14.8 Å². The minimum Gasteiger partial charge on any atom is -0.491 e. The van der Waals surface area contributed by atoms with E-state index >= 15 is 0 Å². The number of likely N-dealkylation sites (N-methyl/N-ethyl adjacent to an activating group) is 1. The van der Waals surface area contributed by atoms with Gasteiger partial charge in [-0.15, -0.1) is 0 Å². The highest BCUT2D eigenvalue weighted by Crippen LogP contribution is 2.40. The van der Waals surface area contributed by atoms with Crippen molar-refractivity contribution in [3.63, 3.8) is 0 Å². The van der Waals surface area contributed by atoms with Crippen molar-refractivity contribution in [3.8, 4) is 5.75 Å². The highest BCUT2D eigenvalue weighted by atomic mass is 16.6. The number of hydrogen-bond acceptors (Lipinski definition) is 6. The Kier molecular flexibility index (Phi) is 4.42. The number of nitrogens with one attached hydrogen (secondary N) is 1. The molecule has 21 heavy (non-hydrogen) atoms. The number of methoxy groups -OCH3 is 1. The minimum atomic E-state index is -0.903. The molecule has 0 radical (unpaired) electrons. The van der Waals surface area contributed by atoms with Crippen LogP contribution in [0.2, 0.25) is 0 Å². The predicted molar refractivity (Wildman–Crippen MR) is 75.1 cm³/mol. The molecule has 1 aliphatic rings. The van der Waals surface area contributed by atoms with Crippen LogP contribution in [-0.4, -0.2) is 37.2 Å². The third kappa shape index (κ3) is 3.13. The number of hydrogen-bond donors (Lipinski definition) is 1. The molecule has 0 aliphatic heterocycles. The van der Waals surface area contributed by atoms with Gasteiger partial charge in [0.1, 0.15) is 12.4 Å². The summed E-state index contributed by atoms with van der Waals surface area (Å²) in [5, 5.41) is 13.7. The van der Waals surface area contributed by atoms with Crippen molar-refractivity contribution in [1.82, 2.24) is 5.32 Å². The maximum absolute atomic E-state index is 12.1.